The first kappa shape index (κ1) is 21.2. The Morgan fingerprint density at radius 1 is 1.16 bits per heavy atom. The van der Waals surface area contributed by atoms with E-state index >= 15 is 0 Å². The molecule has 0 radical (unpaired) electrons. The van der Waals surface area contributed by atoms with E-state index in [-0.39, 0.29) is 36.4 Å². The molecule has 25 heavy (non-hydrogen) atoms. The maximum atomic E-state index is 13.1. The van der Waals surface area contributed by atoms with Crippen LogP contribution in [0, 0.1) is 5.82 Å². The summed E-state index contributed by atoms with van der Waals surface area (Å²) in [6, 6.07) is 13.2. The summed E-state index contributed by atoms with van der Waals surface area (Å²) in [6.45, 7) is 0.476. The molecule has 2 aromatic carbocycles. The first-order valence-electron chi connectivity index (χ1n) is 7.32. The fourth-order valence-electron chi connectivity index (χ4n) is 1.98. The lowest BCUT2D eigenvalue weighted by molar-refractivity contribution is -0.115. The van der Waals surface area contributed by atoms with E-state index < -0.39 is 5.82 Å². The van der Waals surface area contributed by atoms with E-state index in [1.54, 1.807) is 19.2 Å². The smallest absolute Gasteiger partial charge is 0.243 e. The summed E-state index contributed by atoms with van der Waals surface area (Å²) >= 11 is 6.09. The molecule has 0 aliphatic carbocycles. The molecule has 134 valence electrons. The highest BCUT2D eigenvalue weighted by Gasteiger charge is 2.06. The topological polar surface area (TPSA) is 65.5 Å². The van der Waals surface area contributed by atoms with Crippen molar-refractivity contribution >= 4 is 53.1 Å². The van der Waals surface area contributed by atoms with Gasteiger partial charge in [0, 0.05) is 24.3 Å². The number of hydrogen-bond donors (Lipinski definition) is 3. The van der Waals surface area contributed by atoms with Crippen molar-refractivity contribution in [2.75, 3.05) is 18.9 Å². The van der Waals surface area contributed by atoms with Crippen molar-refractivity contribution in [2.45, 2.75) is 6.54 Å². The van der Waals surface area contributed by atoms with Gasteiger partial charge in [0.15, 0.2) is 5.96 Å². The zero-order valence-electron chi connectivity index (χ0n) is 13.6. The van der Waals surface area contributed by atoms with Crippen LogP contribution in [0.3, 0.4) is 0 Å². The van der Waals surface area contributed by atoms with Crippen molar-refractivity contribution in [1.29, 1.82) is 0 Å². The van der Waals surface area contributed by atoms with Crippen LogP contribution in [0.4, 0.5) is 10.1 Å². The van der Waals surface area contributed by atoms with E-state index in [9.17, 15) is 9.18 Å². The summed E-state index contributed by atoms with van der Waals surface area (Å²) in [5, 5.41) is 9.21. The van der Waals surface area contributed by atoms with Gasteiger partial charge in [-0.25, -0.2) is 4.39 Å². The predicted molar refractivity (Wildman–Crippen MR) is 110 cm³/mol. The molecule has 0 aromatic heterocycles. The summed E-state index contributed by atoms with van der Waals surface area (Å²) in [7, 11) is 1.60. The predicted octanol–water partition coefficient (Wildman–Crippen LogP) is 3.40. The molecule has 0 saturated carbocycles. The molecule has 8 heteroatoms. The third-order valence-corrected chi connectivity index (χ3v) is 3.52. The summed E-state index contributed by atoms with van der Waals surface area (Å²) in [5.41, 5.74) is 1.33. The lowest BCUT2D eigenvalue weighted by Gasteiger charge is -2.12. The number of halogens is 3. The number of nitrogens with one attached hydrogen (secondary N) is 3. The van der Waals surface area contributed by atoms with Crippen LogP contribution in [0.25, 0.3) is 0 Å². The van der Waals surface area contributed by atoms with Crippen LogP contribution in [-0.2, 0) is 11.3 Å². The molecule has 1 amide bonds. The number of anilines is 1. The normalized spacial score (nSPS) is 10.6. The average Bonchev–Trinajstić information content (AvgIpc) is 2.56. The quantitative estimate of drug-likeness (QED) is 0.352. The second-order valence-electron chi connectivity index (χ2n) is 4.93. The Balaban J connectivity index is 0.00000312. The lowest BCUT2D eigenvalue weighted by Crippen LogP contribution is -2.41. The lowest BCUT2D eigenvalue weighted by atomic mass is 10.2. The van der Waals surface area contributed by atoms with Gasteiger partial charge >= 0.3 is 0 Å². The fraction of sp³-hybridized carbons (Fsp3) is 0.176. The summed E-state index contributed by atoms with van der Waals surface area (Å²) in [4.78, 5) is 15.9. The summed E-state index contributed by atoms with van der Waals surface area (Å²) < 4.78 is 13.1. The van der Waals surface area contributed by atoms with Crippen LogP contribution in [0.1, 0.15) is 5.56 Å². The minimum atomic E-state index is -0.405. The third kappa shape index (κ3) is 7.27. The van der Waals surface area contributed by atoms with Gasteiger partial charge in [-0.05, 0) is 29.8 Å². The highest BCUT2D eigenvalue weighted by atomic mass is 127. The van der Waals surface area contributed by atoms with Crippen LogP contribution in [-0.4, -0.2) is 25.5 Å². The van der Waals surface area contributed by atoms with Gasteiger partial charge in [0.1, 0.15) is 5.82 Å². The van der Waals surface area contributed by atoms with Crippen LogP contribution in [0.15, 0.2) is 53.5 Å². The number of hydrogen-bond acceptors (Lipinski definition) is 2. The third-order valence-electron chi connectivity index (χ3n) is 3.15. The number of carbonyl (C=O) groups is 1. The highest BCUT2D eigenvalue weighted by molar-refractivity contribution is 14.0. The monoisotopic (exact) mass is 476 g/mol. The van der Waals surface area contributed by atoms with E-state index in [1.807, 2.05) is 18.2 Å². The van der Waals surface area contributed by atoms with Crippen LogP contribution in [0.2, 0.25) is 5.02 Å². The van der Waals surface area contributed by atoms with E-state index in [4.69, 9.17) is 11.6 Å². The molecule has 0 aliphatic rings. The Morgan fingerprint density at radius 3 is 2.60 bits per heavy atom. The Bertz CT molecular complexity index is 742. The van der Waals surface area contributed by atoms with Crippen molar-refractivity contribution in [3.05, 3.63) is 64.9 Å². The van der Waals surface area contributed by atoms with Crippen molar-refractivity contribution in [3.8, 4) is 0 Å². The van der Waals surface area contributed by atoms with Crippen LogP contribution >= 0.6 is 35.6 Å². The highest BCUT2D eigenvalue weighted by Crippen LogP contribution is 2.14. The van der Waals surface area contributed by atoms with Gasteiger partial charge in [0.05, 0.1) is 6.54 Å². The number of benzene rings is 2. The van der Waals surface area contributed by atoms with Gasteiger partial charge in [0.2, 0.25) is 5.91 Å². The molecule has 0 aliphatic heterocycles. The maximum Gasteiger partial charge on any atom is 0.243 e. The second kappa shape index (κ2) is 10.9. The summed E-state index contributed by atoms with van der Waals surface area (Å²) in [5.74, 6) is -0.247. The van der Waals surface area contributed by atoms with Crippen molar-refractivity contribution < 1.29 is 9.18 Å². The first-order chi connectivity index (χ1) is 11.6. The number of rotatable bonds is 5. The minimum Gasteiger partial charge on any atom is -0.352 e. The van der Waals surface area contributed by atoms with E-state index in [0.717, 1.165) is 5.56 Å². The molecule has 0 heterocycles. The van der Waals surface area contributed by atoms with Crippen LogP contribution in [0.5, 0.6) is 0 Å². The largest absolute Gasteiger partial charge is 0.352 e. The van der Waals surface area contributed by atoms with Crippen LogP contribution < -0.4 is 16.0 Å². The molecular formula is C17H19ClFIN4O. The second-order valence-corrected chi connectivity index (χ2v) is 5.34. The number of nitrogens with zero attached hydrogens (tertiary/aromatic N) is 1. The van der Waals surface area contributed by atoms with E-state index in [1.165, 1.54) is 18.2 Å². The molecule has 0 saturated heterocycles. The van der Waals surface area contributed by atoms with Gasteiger partial charge < -0.3 is 16.0 Å². The molecule has 5 nitrogen and oxygen atoms in total. The SMILES string of the molecule is CN=C(NCC(=O)Nc1cccc(F)c1)NCc1ccccc1Cl.I. The maximum absolute atomic E-state index is 13.1. The van der Waals surface area contributed by atoms with Gasteiger partial charge in [-0.1, -0.05) is 35.9 Å². The summed E-state index contributed by atoms with van der Waals surface area (Å²) in [6.07, 6.45) is 0. The molecule has 3 N–H and O–H groups in total. The van der Waals surface area contributed by atoms with Gasteiger partial charge in [-0.3, -0.25) is 9.79 Å². The first-order valence-corrected chi connectivity index (χ1v) is 7.69. The number of aliphatic imine (C=N–C) groups is 1. The Kier molecular flexibility index (Phi) is 9.22. The minimum absolute atomic E-state index is 0. The Morgan fingerprint density at radius 2 is 1.92 bits per heavy atom. The molecule has 0 spiro atoms. The molecule has 0 atom stereocenters. The van der Waals surface area contributed by atoms with Gasteiger partial charge in [-0.2, -0.15) is 0 Å². The zero-order valence-corrected chi connectivity index (χ0v) is 16.6. The standard InChI is InChI=1S/C17H18ClFN4O.HI/c1-20-17(21-10-12-5-2-3-8-15(12)18)22-11-16(24)23-14-7-4-6-13(19)9-14;/h2-9H,10-11H2,1H3,(H,23,24)(H2,20,21,22);1H. The Hall–Kier alpha value is -1.87. The molecule has 0 fully saturated rings. The number of guanidine groups is 1. The van der Waals surface area contributed by atoms with Crippen molar-refractivity contribution in [1.82, 2.24) is 10.6 Å². The van der Waals surface area contributed by atoms with Crippen molar-refractivity contribution in [2.24, 2.45) is 4.99 Å². The Labute approximate surface area is 168 Å². The zero-order chi connectivity index (χ0) is 17.4. The van der Waals surface area contributed by atoms with Crippen molar-refractivity contribution in [3.63, 3.8) is 0 Å². The molecule has 2 rings (SSSR count). The van der Waals surface area contributed by atoms with Gasteiger partial charge in [0.25, 0.3) is 0 Å². The van der Waals surface area contributed by atoms with E-state index in [2.05, 4.69) is 20.9 Å². The molecule has 0 unspecified atom stereocenters. The number of amides is 1. The fourth-order valence-corrected chi connectivity index (χ4v) is 2.18. The molecule has 2 aromatic rings. The van der Waals surface area contributed by atoms with Gasteiger partial charge in [-0.15, -0.1) is 24.0 Å². The number of carbonyl (C=O) groups excluding carboxylic acids is 1. The molecule has 0 bridgehead atoms. The average molecular weight is 477 g/mol. The van der Waals surface area contributed by atoms with E-state index in [0.29, 0.717) is 23.2 Å². The molecular weight excluding hydrogens is 458 g/mol.